The normalized spacial score (nSPS) is 19.0. The van der Waals surface area contributed by atoms with E-state index in [9.17, 15) is 16.8 Å². The zero-order valence-corrected chi connectivity index (χ0v) is 16.8. The molecular weight excluding hydrogens is 426 g/mol. The largest absolute Gasteiger partial charge is 0.463 e. The standard InChI is InChI=1S/C17H16ClN3O5S2/c18-12-3-1-4-14(9-12)28(24,25)20-17-10-15(16-5-2-7-26-16)19-21(17)13-6-8-27(22,23)11-13/h1-5,7,9-10,13,20H,6,8,11H2/t13-/m0/s1. The minimum Gasteiger partial charge on any atom is -0.463 e. The molecule has 1 atom stereocenters. The van der Waals surface area contributed by atoms with E-state index in [-0.39, 0.29) is 27.2 Å². The Morgan fingerprint density at radius 2 is 2.04 bits per heavy atom. The predicted octanol–water partition coefficient (Wildman–Crippen LogP) is 2.96. The van der Waals surface area contributed by atoms with Crippen molar-refractivity contribution >= 4 is 37.3 Å². The van der Waals surface area contributed by atoms with E-state index in [4.69, 9.17) is 16.0 Å². The van der Waals surface area contributed by atoms with E-state index >= 15 is 0 Å². The lowest BCUT2D eigenvalue weighted by Gasteiger charge is -2.14. The van der Waals surface area contributed by atoms with Crippen LogP contribution in [-0.2, 0) is 19.9 Å². The molecule has 4 rings (SSSR count). The van der Waals surface area contributed by atoms with Crippen molar-refractivity contribution in [1.82, 2.24) is 9.78 Å². The fourth-order valence-electron chi connectivity index (χ4n) is 3.09. The van der Waals surface area contributed by atoms with E-state index in [0.29, 0.717) is 17.9 Å². The van der Waals surface area contributed by atoms with Crippen molar-refractivity contribution in [1.29, 1.82) is 0 Å². The molecule has 0 aliphatic carbocycles. The molecule has 3 heterocycles. The number of nitrogens with zero attached hydrogens (tertiary/aromatic N) is 2. The van der Waals surface area contributed by atoms with Crippen LogP contribution in [0.1, 0.15) is 12.5 Å². The van der Waals surface area contributed by atoms with Crippen LogP contribution < -0.4 is 4.72 Å². The number of rotatable bonds is 5. The van der Waals surface area contributed by atoms with Gasteiger partial charge in [-0.15, -0.1) is 0 Å². The highest BCUT2D eigenvalue weighted by molar-refractivity contribution is 7.92. The number of anilines is 1. The van der Waals surface area contributed by atoms with Crippen molar-refractivity contribution in [2.75, 3.05) is 16.2 Å². The average molecular weight is 442 g/mol. The summed E-state index contributed by atoms with van der Waals surface area (Å²) in [5.41, 5.74) is 0.401. The molecular formula is C17H16ClN3O5S2. The van der Waals surface area contributed by atoms with Crippen LogP contribution in [0.15, 0.2) is 58.0 Å². The molecule has 0 spiro atoms. The van der Waals surface area contributed by atoms with Gasteiger partial charge in [0, 0.05) is 11.1 Å². The van der Waals surface area contributed by atoms with Gasteiger partial charge < -0.3 is 4.42 Å². The molecule has 0 unspecified atom stereocenters. The van der Waals surface area contributed by atoms with E-state index in [1.54, 1.807) is 18.2 Å². The number of halogens is 1. The Bertz CT molecular complexity index is 1220. The second-order valence-corrected chi connectivity index (χ2v) is 10.8. The zero-order valence-electron chi connectivity index (χ0n) is 14.4. The summed E-state index contributed by atoms with van der Waals surface area (Å²) in [5, 5.41) is 4.69. The molecule has 1 fully saturated rings. The summed E-state index contributed by atoms with van der Waals surface area (Å²) in [6.07, 6.45) is 1.83. The van der Waals surface area contributed by atoms with Gasteiger partial charge in [-0.2, -0.15) is 5.10 Å². The summed E-state index contributed by atoms with van der Waals surface area (Å²) < 4.78 is 58.6. The van der Waals surface area contributed by atoms with Crippen molar-refractivity contribution < 1.29 is 21.3 Å². The number of benzene rings is 1. The van der Waals surface area contributed by atoms with Gasteiger partial charge in [0.15, 0.2) is 15.6 Å². The average Bonchev–Trinajstić information content (AvgIpc) is 3.34. The first-order chi connectivity index (χ1) is 13.2. The Kier molecular flexibility index (Phi) is 4.72. The summed E-state index contributed by atoms with van der Waals surface area (Å²) in [7, 11) is -7.13. The molecule has 1 saturated heterocycles. The van der Waals surface area contributed by atoms with Crippen LogP contribution in [0.25, 0.3) is 11.5 Å². The minimum atomic E-state index is -3.95. The first kappa shape index (κ1) is 19.0. The Morgan fingerprint density at radius 1 is 1.21 bits per heavy atom. The Morgan fingerprint density at radius 3 is 2.68 bits per heavy atom. The fraction of sp³-hybridized carbons (Fsp3) is 0.235. The molecule has 1 aliphatic heterocycles. The highest BCUT2D eigenvalue weighted by atomic mass is 35.5. The first-order valence-electron chi connectivity index (χ1n) is 8.36. The van der Waals surface area contributed by atoms with Crippen molar-refractivity contribution in [2.24, 2.45) is 0 Å². The third-order valence-electron chi connectivity index (χ3n) is 4.41. The predicted molar refractivity (Wildman–Crippen MR) is 104 cm³/mol. The van der Waals surface area contributed by atoms with E-state index in [1.165, 1.54) is 35.2 Å². The van der Waals surface area contributed by atoms with E-state index in [2.05, 4.69) is 9.82 Å². The van der Waals surface area contributed by atoms with Gasteiger partial charge in [0.2, 0.25) is 0 Å². The Hall–Kier alpha value is -2.30. The number of hydrogen-bond donors (Lipinski definition) is 1. The lowest BCUT2D eigenvalue weighted by molar-refractivity contribution is 0.504. The van der Waals surface area contributed by atoms with Crippen molar-refractivity contribution in [3.63, 3.8) is 0 Å². The summed E-state index contributed by atoms with van der Waals surface area (Å²) in [5.74, 6) is 0.544. The SMILES string of the molecule is O=S1(=O)CC[C@H](n2nc(-c3ccco3)cc2NS(=O)(=O)c2cccc(Cl)c2)C1. The maximum Gasteiger partial charge on any atom is 0.263 e. The summed E-state index contributed by atoms with van der Waals surface area (Å²) in [6, 6.07) is 10.3. The third-order valence-corrected chi connectivity index (χ3v) is 7.75. The van der Waals surface area contributed by atoms with Crippen LogP contribution in [0, 0.1) is 0 Å². The molecule has 3 aromatic rings. The van der Waals surface area contributed by atoms with Gasteiger partial charge in [-0.05, 0) is 36.8 Å². The molecule has 1 aromatic carbocycles. The molecule has 2 aromatic heterocycles. The highest BCUT2D eigenvalue weighted by Gasteiger charge is 2.32. The molecule has 28 heavy (non-hydrogen) atoms. The van der Waals surface area contributed by atoms with Crippen LogP contribution in [0.2, 0.25) is 5.02 Å². The quantitative estimate of drug-likeness (QED) is 0.651. The summed E-state index contributed by atoms with van der Waals surface area (Å²) >= 11 is 5.90. The van der Waals surface area contributed by atoms with E-state index < -0.39 is 25.9 Å². The van der Waals surface area contributed by atoms with Gasteiger partial charge in [-0.3, -0.25) is 4.72 Å². The Balaban J connectivity index is 1.75. The van der Waals surface area contributed by atoms with Gasteiger partial charge >= 0.3 is 0 Å². The lowest BCUT2D eigenvalue weighted by atomic mass is 10.3. The van der Waals surface area contributed by atoms with Crippen LogP contribution in [0.4, 0.5) is 5.82 Å². The van der Waals surface area contributed by atoms with Gasteiger partial charge in [0.25, 0.3) is 10.0 Å². The number of nitrogens with one attached hydrogen (secondary N) is 1. The highest BCUT2D eigenvalue weighted by Crippen LogP contribution is 2.31. The van der Waals surface area contributed by atoms with Crippen molar-refractivity contribution in [2.45, 2.75) is 17.4 Å². The molecule has 0 amide bonds. The van der Waals surface area contributed by atoms with E-state index in [1.807, 2.05) is 0 Å². The molecule has 11 heteroatoms. The van der Waals surface area contributed by atoms with Gasteiger partial charge in [0.1, 0.15) is 11.5 Å². The number of hydrogen-bond acceptors (Lipinski definition) is 6. The summed E-state index contributed by atoms with van der Waals surface area (Å²) in [4.78, 5) is -0.00802. The number of sulfonamides is 1. The molecule has 1 aliphatic rings. The van der Waals surface area contributed by atoms with E-state index in [0.717, 1.165) is 0 Å². The summed E-state index contributed by atoms with van der Waals surface area (Å²) in [6.45, 7) is 0. The van der Waals surface area contributed by atoms with Gasteiger partial charge in [0.05, 0.1) is 28.7 Å². The maximum absolute atomic E-state index is 12.8. The van der Waals surface area contributed by atoms with Crippen LogP contribution >= 0.6 is 11.6 Å². The number of aromatic nitrogens is 2. The van der Waals surface area contributed by atoms with Crippen molar-refractivity contribution in [3.8, 4) is 11.5 Å². The molecule has 0 saturated carbocycles. The monoisotopic (exact) mass is 441 g/mol. The molecule has 0 radical (unpaired) electrons. The minimum absolute atomic E-state index is 0.00802. The van der Waals surface area contributed by atoms with Crippen LogP contribution in [-0.4, -0.2) is 38.1 Å². The van der Waals surface area contributed by atoms with Crippen LogP contribution in [0.3, 0.4) is 0 Å². The second kappa shape index (κ2) is 6.94. The van der Waals surface area contributed by atoms with Gasteiger partial charge in [-0.1, -0.05) is 17.7 Å². The number of sulfone groups is 1. The second-order valence-electron chi connectivity index (χ2n) is 6.46. The number of furan rings is 1. The maximum atomic E-state index is 12.8. The third kappa shape index (κ3) is 3.80. The smallest absolute Gasteiger partial charge is 0.263 e. The molecule has 0 bridgehead atoms. The Labute approximate surface area is 167 Å². The van der Waals surface area contributed by atoms with Crippen LogP contribution in [0.5, 0.6) is 0 Å². The topological polar surface area (TPSA) is 111 Å². The van der Waals surface area contributed by atoms with Gasteiger partial charge in [-0.25, -0.2) is 21.5 Å². The molecule has 8 nitrogen and oxygen atoms in total. The lowest BCUT2D eigenvalue weighted by Crippen LogP contribution is -2.20. The van der Waals surface area contributed by atoms with Crippen molar-refractivity contribution in [3.05, 3.63) is 53.8 Å². The molecule has 148 valence electrons. The fourth-order valence-corrected chi connectivity index (χ4v) is 6.13. The molecule has 1 N–H and O–H groups in total. The first-order valence-corrected chi connectivity index (χ1v) is 12.0. The zero-order chi connectivity index (χ0) is 19.9.